The van der Waals surface area contributed by atoms with Gasteiger partial charge in [-0.25, -0.2) is 0 Å². The molecule has 0 aliphatic carbocycles. The molecule has 0 radical (unpaired) electrons. The van der Waals surface area contributed by atoms with E-state index in [1.165, 1.54) is 10.6 Å². The molecule has 8 heteroatoms. The predicted molar refractivity (Wildman–Crippen MR) is 103 cm³/mol. The number of nitrogens with zero attached hydrogens (tertiary/aromatic N) is 6. The summed E-state index contributed by atoms with van der Waals surface area (Å²) >= 11 is 0. The van der Waals surface area contributed by atoms with Crippen molar-refractivity contribution in [2.24, 2.45) is 0 Å². The second-order valence-corrected chi connectivity index (χ2v) is 7.37. The summed E-state index contributed by atoms with van der Waals surface area (Å²) in [4.78, 5) is 30.6. The van der Waals surface area contributed by atoms with E-state index in [-0.39, 0.29) is 18.0 Å². The van der Waals surface area contributed by atoms with Crippen molar-refractivity contribution in [2.75, 3.05) is 40.8 Å². The number of pyridine rings is 1. The van der Waals surface area contributed by atoms with E-state index in [1.807, 2.05) is 4.68 Å². The van der Waals surface area contributed by atoms with Gasteiger partial charge in [-0.3, -0.25) is 19.2 Å². The number of rotatable bonds is 7. The quantitative estimate of drug-likeness (QED) is 0.689. The molecule has 0 N–H and O–H groups in total. The number of hydrogen-bond acceptors (Lipinski definition) is 5. The Kier molecular flexibility index (Phi) is 6.08. The molecule has 1 aliphatic rings. The molecule has 3 rings (SSSR count). The summed E-state index contributed by atoms with van der Waals surface area (Å²) in [6.45, 7) is 4.69. The lowest BCUT2D eigenvalue weighted by atomic mass is 10.2. The van der Waals surface area contributed by atoms with Crippen LogP contribution in [0.5, 0.6) is 0 Å². The van der Waals surface area contributed by atoms with E-state index in [2.05, 4.69) is 42.1 Å². The normalized spacial score (nSPS) is 14.0. The molecule has 0 fully saturated rings. The van der Waals surface area contributed by atoms with Gasteiger partial charge in [-0.15, -0.1) is 0 Å². The number of carbonyl (C=O) groups is 1. The van der Waals surface area contributed by atoms with Crippen LogP contribution in [0.4, 0.5) is 0 Å². The molecule has 146 valence electrons. The van der Waals surface area contributed by atoms with Gasteiger partial charge in [-0.1, -0.05) is 6.07 Å². The lowest BCUT2D eigenvalue weighted by Crippen LogP contribution is -2.41. The summed E-state index contributed by atoms with van der Waals surface area (Å²) in [6, 6.07) is 7.00. The number of fused-ring (bicyclic) bond motifs is 1. The lowest BCUT2D eigenvalue weighted by Gasteiger charge is -2.27. The van der Waals surface area contributed by atoms with Crippen molar-refractivity contribution >= 4 is 5.91 Å². The second-order valence-electron chi connectivity index (χ2n) is 7.37. The molecule has 0 unspecified atom stereocenters. The number of aromatic nitrogens is 3. The fourth-order valence-corrected chi connectivity index (χ4v) is 3.18. The van der Waals surface area contributed by atoms with Crippen LogP contribution in [0.2, 0.25) is 0 Å². The highest BCUT2D eigenvalue weighted by Gasteiger charge is 2.22. The van der Waals surface area contributed by atoms with E-state index in [1.54, 1.807) is 23.2 Å². The Labute approximate surface area is 159 Å². The zero-order chi connectivity index (χ0) is 19.4. The molecule has 0 spiro atoms. The highest BCUT2D eigenvalue weighted by molar-refractivity contribution is 5.76. The monoisotopic (exact) mass is 372 g/mol. The van der Waals surface area contributed by atoms with Crippen molar-refractivity contribution in [1.29, 1.82) is 0 Å². The van der Waals surface area contributed by atoms with Crippen LogP contribution in [-0.2, 0) is 31.0 Å². The zero-order valence-corrected chi connectivity index (χ0v) is 16.3. The first-order valence-corrected chi connectivity index (χ1v) is 9.24. The van der Waals surface area contributed by atoms with Crippen LogP contribution in [0, 0.1) is 0 Å². The molecule has 2 aromatic heterocycles. The number of carbonyl (C=O) groups excluding carboxylic acids is 1. The minimum Gasteiger partial charge on any atom is -0.333 e. The molecular weight excluding hydrogens is 344 g/mol. The van der Waals surface area contributed by atoms with Crippen LogP contribution in [0.15, 0.2) is 35.3 Å². The van der Waals surface area contributed by atoms with Gasteiger partial charge >= 0.3 is 0 Å². The minimum absolute atomic E-state index is 0.0413. The average molecular weight is 372 g/mol. The van der Waals surface area contributed by atoms with Crippen molar-refractivity contribution in [3.05, 3.63) is 52.2 Å². The first-order valence-electron chi connectivity index (χ1n) is 9.24. The third kappa shape index (κ3) is 5.05. The molecule has 27 heavy (non-hydrogen) atoms. The maximum Gasteiger partial charge on any atom is 0.250 e. The van der Waals surface area contributed by atoms with E-state index in [4.69, 9.17) is 0 Å². The Morgan fingerprint density at radius 3 is 2.74 bits per heavy atom. The topological polar surface area (TPSA) is 66.6 Å². The molecule has 1 amide bonds. The van der Waals surface area contributed by atoms with Gasteiger partial charge in [0, 0.05) is 38.4 Å². The van der Waals surface area contributed by atoms with Crippen LogP contribution >= 0.6 is 0 Å². The lowest BCUT2D eigenvalue weighted by molar-refractivity contribution is -0.133. The van der Waals surface area contributed by atoms with Crippen LogP contribution in [0.25, 0.3) is 0 Å². The summed E-state index contributed by atoms with van der Waals surface area (Å²) in [5.41, 5.74) is 1.92. The Bertz CT molecular complexity index is 841. The minimum atomic E-state index is -0.157. The van der Waals surface area contributed by atoms with Crippen LogP contribution < -0.4 is 5.56 Å². The molecular formula is C19H28N6O2. The first-order chi connectivity index (χ1) is 12.9. The molecule has 0 atom stereocenters. The van der Waals surface area contributed by atoms with Crippen molar-refractivity contribution in [3.63, 3.8) is 0 Å². The Hall–Kier alpha value is -2.45. The van der Waals surface area contributed by atoms with Crippen LogP contribution in [0.1, 0.15) is 11.4 Å². The fourth-order valence-electron chi connectivity index (χ4n) is 3.18. The number of likely N-dealkylation sites (N-methyl/N-ethyl adjacent to an activating group) is 2. The molecule has 0 saturated heterocycles. The Balaban J connectivity index is 1.59. The van der Waals surface area contributed by atoms with Crippen LogP contribution in [-0.4, -0.2) is 75.7 Å². The standard InChI is InChI=1S/C19H28N6O2/c1-21(2)8-9-22(3)13-16-12-17-14-24(10-11-25(17)20-16)19(27)15-23-7-5-4-6-18(23)26/h4-7,12H,8-11,13-15H2,1-3H3. The van der Waals surface area contributed by atoms with Crippen molar-refractivity contribution in [2.45, 2.75) is 26.2 Å². The van der Waals surface area contributed by atoms with E-state index in [0.29, 0.717) is 19.6 Å². The van der Waals surface area contributed by atoms with Gasteiger partial charge in [0.05, 0.1) is 24.5 Å². The van der Waals surface area contributed by atoms with Gasteiger partial charge < -0.3 is 14.4 Å². The SMILES string of the molecule is CN(C)CCN(C)Cc1cc2n(n1)CCN(C(=O)Cn1ccccc1=O)C2. The molecule has 8 nitrogen and oxygen atoms in total. The molecule has 3 heterocycles. The summed E-state index contributed by atoms with van der Waals surface area (Å²) < 4.78 is 3.44. The molecule has 0 saturated carbocycles. The molecule has 2 aromatic rings. The Morgan fingerprint density at radius 2 is 2.00 bits per heavy atom. The smallest absolute Gasteiger partial charge is 0.250 e. The van der Waals surface area contributed by atoms with E-state index in [9.17, 15) is 9.59 Å². The van der Waals surface area contributed by atoms with Gasteiger partial charge in [0.15, 0.2) is 0 Å². The van der Waals surface area contributed by atoms with Gasteiger partial charge in [0.25, 0.3) is 5.56 Å². The second kappa shape index (κ2) is 8.49. The van der Waals surface area contributed by atoms with E-state index in [0.717, 1.165) is 31.0 Å². The Morgan fingerprint density at radius 1 is 1.19 bits per heavy atom. The van der Waals surface area contributed by atoms with E-state index >= 15 is 0 Å². The van der Waals surface area contributed by atoms with Gasteiger partial charge in [-0.05, 0) is 33.3 Å². The number of hydrogen-bond donors (Lipinski definition) is 0. The van der Waals surface area contributed by atoms with Crippen molar-refractivity contribution < 1.29 is 4.79 Å². The summed E-state index contributed by atoms with van der Waals surface area (Å²) in [5.74, 6) is -0.0413. The first kappa shape index (κ1) is 19.3. The highest BCUT2D eigenvalue weighted by atomic mass is 16.2. The van der Waals surface area contributed by atoms with Crippen molar-refractivity contribution in [1.82, 2.24) is 29.0 Å². The average Bonchev–Trinajstić information content (AvgIpc) is 3.03. The predicted octanol–water partition coefficient (Wildman–Crippen LogP) is 0.0806. The van der Waals surface area contributed by atoms with Crippen molar-refractivity contribution in [3.8, 4) is 0 Å². The van der Waals surface area contributed by atoms with Gasteiger partial charge in [0.1, 0.15) is 6.54 Å². The summed E-state index contributed by atoms with van der Waals surface area (Å²) in [7, 11) is 6.23. The zero-order valence-electron chi connectivity index (χ0n) is 16.3. The maximum absolute atomic E-state index is 12.6. The third-order valence-electron chi connectivity index (χ3n) is 4.77. The molecule has 0 bridgehead atoms. The van der Waals surface area contributed by atoms with E-state index < -0.39 is 0 Å². The third-order valence-corrected chi connectivity index (χ3v) is 4.77. The van der Waals surface area contributed by atoms with Crippen LogP contribution in [0.3, 0.4) is 0 Å². The molecule has 1 aliphatic heterocycles. The summed E-state index contributed by atoms with van der Waals surface area (Å²) in [5, 5.41) is 4.68. The molecule has 0 aromatic carbocycles. The van der Waals surface area contributed by atoms with Gasteiger partial charge in [0.2, 0.25) is 5.91 Å². The maximum atomic E-state index is 12.6. The fraction of sp³-hybridized carbons (Fsp3) is 0.526. The largest absolute Gasteiger partial charge is 0.333 e. The summed E-state index contributed by atoms with van der Waals surface area (Å²) in [6.07, 6.45) is 1.65. The highest BCUT2D eigenvalue weighted by Crippen LogP contribution is 2.15. The number of amides is 1. The van der Waals surface area contributed by atoms with Gasteiger partial charge in [-0.2, -0.15) is 5.10 Å².